The third-order valence-electron chi connectivity index (χ3n) is 3.66. The molecule has 0 amide bonds. The second-order valence-electron chi connectivity index (χ2n) is 4.69. The maximum Gasteiger partial charge on any atom is 0.0991 e. The minimum absolute atomic E-state index is 0.640. The molecule has 1 saturated heterocycles. The van der Waals surface area contributed by atoms with E-state index in [1.54, 1.807) is 0 Å². The number of hydrogen-bond acceptors (Lipinski definition) is 2. The van der Waals surface area contributed by atoms with Crippen LogP contribution < -0.4 is 5.32 Å². The molecule has 3 rings (SSSR count). The molecule has 1 fully saturated rings. The lowest BCUT2D eigenvalue weighted by Crippen LogP contribution is -2.39. The predicted octanol–water partition coefficient (Wildman–Crippen LogP) is 1.81. The Morgan fingerprint density at radius 1 is 1.33 bits per heavy atom. The molecule has 2 bridgehead atoms. The summed E-state index contributed by atoms with van der Waals surface area (Å²) < 4.78 is 0. The fraction of sp³-hybridized carbons (Fsp3) is 0.462. The van der Waals surface area contributed by atoms with Crippen molar-refractivity contribution in [3.8, 4) is 6.07 Å². The van der Waals surface area contributed by atoms with Gasteiger partial charge in [-0.1, -0.05) is 6.07 Å². The van der Waals surface area contributed by atoms with E-state index in [9.17, 15) is 0 Å². The van der Waals surface area contributed by atoms with Crippen LogP contribution in [0.15, 0.2) is 18.2 Å². The lowest BCUT2D eigenvalue weighted by Gasteiger charge is -2.36. The summed E-state index contributed by atoms with van der Waals surface area (Å²) in [7, 11) is 0. The number of fused-ring (bicyclic) bond motifs is 4. The molecule has 1 aliphatic heterocycles. The molecule has 1 aromatic carbocycles. The van der Waals surface area contributed by atoms with E-state index in [2.05, 4.69) is 23.5 Å². The molecule has 0 saturated carbocycles. The number of nitrogens with zero attached hydrogens (tertiary/aromatic N) is 1. The zero-order valence-corrected chi connectivity index (χ0v) is 8.66. The summed E-state index contributed by atoms with van der Waals surface area (Å²) in [5.74, 6) is 1.45. The number of nitrogens with one attached hydrogen (secondary N) is 1. The number of nitriles is 1. The average molecular weight is 198 g/mol. The van der Waals surface area contributed by atoms with Crippen LogP contribution in [-0.2, 0) is 6.42 Å². The maximum absolute atomic E-state index is 8.90. The lowest BCUT2D eigenvalue weighted by molar-refractivity contribution is 0.318. The van der Waals surface area contributed by atoms with Gasteiger partial charge in [-0.3, -0.25) is 0 Å². The molecular formula is C13H14N2. The molecule has 76 valence electrons. The first-order valence-electron chi connectivity index (χ1n) is 5.60. The minimum atomic E-state index is 0.640. The van der Waals surface area contributed by atoms with Gasteiger partial charge in [-0.05, 0) is 54.5 Å². The monoisotopic (exact) mass is 198 g/mol. The Bertz CT molecular complexity index is 431. The molecule has 0 spiro atoms. The largest absolute Gasteiger partial charge is 0.316 e. The highest BCUT2D eigenvalue weighted by atomic mass is 14.9. The van der Waals surface area contributed by atoms with Crippen molar-refractivity contribution in [1.82, 2.24) is 5.32 Å². The van der Waals surface area contributed by atoms with Gasteiger partial charge in [0, 0.05) is 6.54 Å². The van der Waals surface area contributed by atoms with Crippen LogP contribution in [0.5, 0.6) is 0 Å². The molecule has 2 heteroatoms. The Labute approximate surface area is 89.9 Å². The zero-order valence-electron chi connectivity index (χ0n) is 8.66. The predicted molar refractivity (Wildman–Crippen MR) is 58.6 cm³/mol. The van der Waals surface area contributed by atoms with Crippen molar-refractivity contribution in [2.45, 2.75) is 18.8 Å². The maximum atomic E-state index is 8.90. The van der Waals surface area contributed by atoms with Crippen LogP contribution in [0, 0.1) is 17.2 Å². The zero-order chi connectivity index (χ0) is 10.3. The Kier molecular flexibility index (Phi) is 2.00. The molecule has 15 heavy (non-hydrogen) atoms. The van der Waals surface area contributed by atoms with E-state index in [0.29, 0.717) is 5.92 Å². The van der Waals surface area contributed by atoms with Gasteiger partial charge in [-0.15, -0.1) is 0 Å². The summed E-state index contributed by atoms with van der Waals surface area (Å²) in [6.45, 7) is 2.24. The third kappa shape index (κ3) is 1.44. The molecule has 1 aliphatic carbocycles. The van der Waals surface area contributed by atoms with Crippen LogP contribution in [-0.4, -0.2) is 13.1 Å². The van der Waals surface area contributed by atoms with Crippen LogP contribution >= 0.6 is 0 Å². The fourth-order valence-corrected chi connectivity index (χ4v) is 2.96. The van der Waals surface area contributed by atoms with Crippen LogP contribution in [0.2, 0.25) is 0 Å². The second-order valence-corrected chi connectivity index (χ2v) is 4.69. The third-order valence-corrected chi connectivity index (χ3v) is 3.66. The molecule has 2 atom stereocenters. The molecule has 2 unspecified atom stereocenters. The molecule has 1 heterocycles. The summed E-state index contributed by atoms with van der Waals surface area (Å²) in [6.07, 6.45) is 2.49. The van der Waals surface area contributed by atoms with E-state index in [1.165, 1.54) is 24.0 Å². The lowest BCUT2D eigenvalue weighted by atomic mass is 9.74. The van der Waals surface area contributed by atoms with Crippen molar-refractivity contribution in [3.63, 3.8) is 0 Å². The van der Waals surface area contributed by atoms with Gasteiger partial charge in [-0.25, -0.2) is 0 Å². The van der Waals surface area contributed by atoms with Gasteiger partial charge in [0.2, 0.25) is 0 Å². The summed E-state index contributed by atoms with van der Waals surface area (Å²) in [5, 5.41) is 12.4. The van der Waals surface area contributed by atoms with Crippen molar-refractivity contribution in [3.05, 3.63) is 34.9 Å². The van der Waals surface area contributed by atoms with E-state index >= 15 is 0 Å². The standard InChI is InChI=1S/C13H14N2/c14-6-9-1-2-11-3-10-4-12(8-15-7-10)13(11)5-9/h1-2,5,10,12,15H,3-4,7-8H2. The number of rotatable bonds is 0. The molecule has 0 aromatic heterocycles. The van der Waals surface area contributed by atoms with Gasteiger partial charge in [0.05, 0.1) is 11.6 Å². The van der Waals surface area contributed by atoms with Crippen molar-refractivity contribution in [2.75, 3.05) is 13.1 Å². The van der Waals surface area contributed by atoms with Crippen LogP contribution in [0.4, 0.5) is 0 Å². The van der Waals surface area contributed by atoms with E-state index < -0.39 is 0 Å². The summed E-state index contributed by atoms with van der Waals surface area (Å²) in [4.78, 5) is 0. The highest BCUT2D eigenvalue weighted by molar-refractivity contribution is 5.42. The van der Waals surface area contributed by atoms with Gasteiger partial charge in [0.25, 0.3) is 0 Å². The van der Waals surface area contributed by atoms with Crippen molar-refractivity contribution >= 4 is 0 Å². The Balaban J connectivity index is 2.06. The first-order valence-corrected chi connectivity index (χ1v) is 5.60. The van der Waals surface area contributed by atoms with Gasteiger partial charge >= 0.3 is 0 Å². The Morgan fingerprint density at radius 2 is 2.27 bits per heavy atom. The van der Waals surface area contributed by atoms with Crippen molar-refractivity contribution in [1.29, 1.82) is 5.26 Å². The molecule has 2 aliphatic rings. The van der Waals surface area contributed by atoms with E-state index in [0.717, 1.165) is 24.6 Å². The average Bonchev–Trinajstić information content (AvgIpc) is 2.29. The first kappa shape index (κ1) is 8.94. The fourth-order valence-electron chi connectivity index (χ4n) is 2.96. The van der Waals surface area contributed by atoms with Crippen LogP contribution in [0.25, 0.3) is 0 Å². The normalized spacial score (nSPS) is 27.9. The van der Waals surface area contributed by atoms with Gasteiger partial charge in [0.15, 0.2) is 0 Å². The number of benzene rings is 1. The number of piperidine rings is 1. The highest BCUT2D eigenvalue weighted by Crippen LogP contribution is 2.36. The number of hydrogen-bond donors (Lipinski definition) is 1. The van der Waals surface area contributed by atoms with Gasteiger partial charge in [0.1, 0.15) is 0 Å². The Hall–Kier alpha value is -1.33. The molecule has 1 N–H and O–H groups in total. The van der Waals surface area contributed by atoms with Gasteiger partial charge < -0.3 is 5.32 Å². The SMILES string of the molecule is N#Cc1ccc2c(c1)C1CNCC(C2)C1. The molecular weight excluding hydrogens is 184 g/mol. The molecule has 0 radical (unpaired) electrons. The molecule has 2 nitrogen and oxygen atoms in total. The quantitative estimate of drug-likeness (QED) is 0.690. The van der Waals surface area contributed by atoms with E-state index in [4.69, 9.17) is 5.26 Å². The summed E-state index contributed by atoms with van der Waals surface area (Å²) in [6, 6.07) is 8.42. The Morgan fingerprint density at radius 3 is 3.13 bits per heavy atom. The van der Waals surface area contributed by atoms with Crippen LogP contribution in [0.3, 0.4) is 0 Å². The van der Waals surface area contributed by atoms with E-state index in [-0.39, 0.29) is 0 Å². The molecule has 1 aromatic rings. The van der Waals surface area contributed by atoms with Crippen molar-refractivity contribution < 1.29 is 0 Å². The van der Waals surface area contributed by atoms with Crippen molar-refractivity contribution in [2.24, 2.45) is 5.92 Å². The second kappa shape index (κ2) is 3.36. The first-order chi connectivity index (χ1) is 7.36. The summed E-state index contributed by atoms with van der Waals surface area (Å²) >= 11 is 0. The van der Waals surface area contributed by atoms with Crippen LogP contribution in [0.1, 0.15) is 29.0 Å². The van der Waals surface area contributed by atoms with E-state index in [1.807, 2.05) is 6.07 Å². The topological polar surface area (TPSA) is 35.8 Å². The highest BCUT2D eigenvalue weighted by Gasteiger charge is 2.29. The summed E-state index contributed by atoms with van der Waals surface area (Å²) in [5.41, 5.74) is 3.69. The van der Waals surface area contributed by atoms with Gasteiger partial charge in [-0.2, -0.15) is 5.26 Å². The smallest absolute Gasteiger partial charge is 0.0991 e. The minimum Gasteiger partial charge on any atom is -0.316 e.